The Kier molecular flexibility index (Phi) is 4.18. The van der Waals surface area contributed by atoms with Crippen LogP contribution in [0.25, 0.3) is 5.65 Å². The van der Waals surface area contributed by atoms with E-state index in [1.165, 1.54) is 37.9 Å². The molecule has 0 aliphatic heterocycles. The number of fused-ring (bicyclic) bond motifs is 1. The maximum Gasteiger partial charge on any atom is 0.226 e. The van der Waals surface area contributed by atoms with Gasteiger partial charge in [-0.25, -0.2) is 9.37 Å². The van der Waals surface area contributed by atoms with Crippen molar-refractivity contribution in [1.82, 2.24) is 14.7 Å². The van der Waals surface area contributed by atoms with Crippen LogP contribution in [0.4, 0.5) is 4.39 Å². The number of carbonyl (C=O) groups is 1. The van der Waals surface area contributed by atoms with Crippen molar-refractivity contribution in [2.24, 2.45) is 0 Å². The number of carbonyl (C=O) groups excluding carboxylic acids is 1. The third-order valence-electron chi connectivity index (χ3n) is 4.03. The highest BCUT2D eigenvalue weighted by molar-refractivity contribution is 5.78. The molecule has 1 aliphatic rings. The Hall–Kier alpha value is -1.91. The van der Waals surface area contributed by atoms with Gasteiger partial charge in [-0.3, -0.25) is 4.79 Å². The molecule has 112 valence electrons. The Labute approximate surface area is 123 Å². The minimum absolute atomic E-state index is 0.00535. The first-order valence-electron chi connectivity index (χ1n) is 7.63. The van der Waals surface area contributed by atoms with E-state index in [0.29, 0.717) is 17.4 Å². The van der Waals surface area contributed by atoms with E-state index in [1.54, 1.807) is 16.7 Å². The maximum absolute atomic E-state index is 13.1. The standard InChI is InChI=1S/C16H20FN3O/c17-12-7-8-15-18-14(11-20(15)10-12)9-16(21)19-13-5-3-1-2-4-6-13/h7-8,10-11,13H,1-6,9H2,(H,19,21). The highest BCUT2D eigenvalue weighted by Crippen LogP contribution is 2.17. The number of imidazole rings is 1. The third kappa shape index (κ3) is 3.60. The van der Waals surface area contributed by atoms with Gasteiger partial charge >= 0.3 is 0 Å². The molecule has 5 heteroatoms. The molecule has 0 atom stereocenters. The lowest BCUT2D eigenvalue weighted by molar-refractivity contribution is -0.121. The zero-order valence-corrected chi connectivity index (χ0v) is 12.0. The maximum atomic E-state index is 13.1. The van der Waals surface area contributed by atoms with Gasteiger partial charge in [0.25, 0.3) is 0 Å². The second kappa shape index (κ2) is 6.24. The van der Waals surface area contributed by atoms with Gasteiger partial charge < -0.3 is 9.72 Å². The second-order valence-corrected chi connectivity index (χ2v) is 5.78. The molecule has 0 unspecified atom stereocenters. The van der Waals surface area contributed by atoms with E-state index in [0.717, 1.165) is 12.8 Å². The van der Waals surface area contributed by atoms with Crippen LogP contribution in [0.3, 0.4) is 0 Å². The summed E-state index contributed by atoms with van der Waals surface area (Å²) in [6.45, 7) is 0. The quantitative estimate of drug-likeness (QED) is 0.883. The minimum Gasteiger partial charge on any atom is -0.353 e. The zero-order valence-electron chi connectivity index (χ0n) is 12.0. The number of halogens is 1. The molecule has 2 heterocycles. The van der Waals surface area contributed by atoms with Gasteiger partial charge in [0, 0.05) is 18.4 Å². The van der Waals surface area contributed by atoms with Crippen LogP contribution in [0, 0.1) is 5.82 Å². The number of pyridine rings is 1. The molecule has 3 rings (SSSR count). The van der Waals surface area contributed by atoms with Gasteiger partial charge in [-0.15, -0.1) is 0 Å². The van der Waals surface area contributed by atoms with Crippen molar-refractivity contribution in [1.29, 1.82) is 0 Å². The highest BCUT2D eigenvalue weighted by Gasteiger charge is 2.15. The zero-order chi connectivity index (χ0) is 14.7. The third-order valence-corrected chi connectivity index (χ3v) is 4.03. The van der Waals surface area contributed by atoms with Crippen molar-refractivity contribution in [3.05, 3.63) is 36.0 Å². The van der Waals surface area contributed by atoms with E-state index in [4.69, 9.17) is 0 Å². The van der Waals surface area contributed by atoms with Crippen LogP contribution in [0.1, 0.15) is 44.2 Å². The van der Waals surface area contributed by atoms with Crippen LogP contribution in [-0.4, -0.2) is 21.3 Å². The average Bonchev–Trinajstić information content (AvgIpc) is 2.66. The van der Waals surface area contributed by atoms with E-state index in [2.05, 4.69) is 10.3 Å². The van der Waals surface area contributed by atoms with Crippen molar-refractivity contribution in [2.75, 3.05) is 0 Å². The molecule has 2 aromatic heterocycles. The monoisotopic (exact) mass is 289 g/mol. The molecule has 1 saturated carbocycles. The van der Waals surface area contributed by atoms with Crippen LogP contribution in [-0.2, 0) is 11.2 Å². The lowest BCUT2D eigenvalue weighted by atomic mass is 10.1. The molecule has 1 aliphatic carbocycles. The number of nitrogens with zero attached hydrogens (tertiary/aromatic N) is 2. The number of aromatic nitrogens is 2. The van der Waals surface area contributed by atoms with Crippen molar-refractivity contribution in [2.45, 2.75) is 51.0 Å². The Bertz CT molecular complexity index is 629. The lowest BCUT2D eigenvalue weighted by Crippen LogP contribution is -2.35. The summed E-state index contributed by atoms with van der Waals surface area (Å²) in [5.74, 6) is -0.305. The summed E-state index contributed by atoms with van der Waals surface area (Å²) in [4.78, 5) is 16.4. The van der Waals surface area contributed by atoms with Crippen LogP contribution in [0.5, 0.6) is 0 Å². The first kappa shape index (κ1) is 14.0. The average molecular weight is 289 g/mol. The summed E-state index contributed by atoms with van der Waals surface area (Å²) in [6, 6.07) is 3.29. The number of amides is 1. The van der Waals surface area contributed by atoms with Crippen LogP contribution >= 0.6 is 0 Å². The number of nitrogens with one attached hydrogen (secondary N) is 1. The molecule has 0 saturated heterocycles. The normalized spacial score (nSPS) is 16.8. The summed E-state index contributed by atoms with van der Waals surface area (Å²) in [5, 5.41) is 3.10. The summed E-state index contributed by atoms with van der Waals surface area (Å²) >= 11 is 0. The molecule has 0 aromatic carbocycles. The molecule has 0 spiro atoms. The Morgan fingerprint density at radius 1 is 1.24 bits per heavy atom. The van der Waals surface area contributed by atoms with E-state index in [9.17, 15) is 9.18 Å². The summed E-state index contributed by atoms with van der Waals surface area (Å²) in [7, 11) is 0. The van der Waals surface area contributed by atoms with Gasteiger partial charge in [-0.05, 0) is 25.0 Å². The molecular weight excluding hydrogens is 269 g/mol. The van der Waals surface area contributed by atoms with Crippen molar-refractivity contribution >= 4 is 11.6 Å². The molecular formula is C16H20FN3O. The first-order valence-corrected chi connectivity index (χ1v) is 7.63. The first-order chi connectivity index (χ1) is 10.2. The molecule has 4 nitrogen and oxygen atoms in total. The summed E-state index contributed by atoms with van der Waals surface area (Å²) in [6.07, 6.45) is 10.4. The Morgan fingerprint density at radius 2 is 2.00 bits per heavy atom. The predicted molar refractivity (Wildman–Crippen MR) is 78.5 cm³/mol. The topological polar surface area (TPSA) is 46.4 Å². The van der Waals surface area contributed by atoms with Gasteiger partial charge in [-0.2, -0.15) is 0 Å². The SMILES string of the molecule is O=C(Cc1cn2cc(F)ccc2n1)NC1CCCCCC1. The largest absolute Gasteiger partial charge is 0.353 e. The summed E-state index contributed by atoms with van der Waals surface area (Å²) in [5.41, 5.74) is 1.33. The molecule has 2 aromatic rings. The molecule has 21 heavy (non-hydrogen) atoms. The number of hydrogen-bond donors (Lipinski definition) is 1. The van der Waals surface area contributed by atoms with Gasteiger partial charge in [0.2, 0.25) is 5.91 Å². The molecule has 1 fully saturated rings. The van der Waals surface area contributed by atoms with Crippen LogP contribution in [0.2, 0.25) is 0 Å². The Morgan fingerprint density at radius 3 is 2.76 bits per heavy atom. The number of hydrogen-bond acceptors (Lipinski definition) is 2. The van der Waals surface area contributed by atoms with Crippen LogP contribution < -0.4 is 5.32 Å². The summed E-state index contributed by atoms with van der Waals surface area (Å²) < 4.78 is 14.7. The van der Waals surface area contributed by atoms with Crippen molar-refractivity contribution < 1.29 is 9.18 Å². The van der Waals surface area contributed by atoms with Gasteiger partial charge in [-0.1, -0.05) is 25.7 Å². The number of rotatable bonds is 3. The fourth-order valence-corrected chi connectivity index (χ4v) is 2.97. The molecule has 1 N–H and O–H groups in total. The Balaban J connectivity index is 1.62. The highest BCUT2D eigenvalue weighted by atomic mass is 19.1. The predicted octanol–water partition coefficient (Wildman–Crippen LogP) is 2.85. The minimum atomic E-state index is -0.311. The van der Waals surface area contributed by atoms with Crippen LogP contribution in [0.15, 0.2) is 24.5 Å². The fourth-order valence-electron chi connectivity index (χ4n) is 2.97. The second-order valence-electron chi connectivity index (χ2n) is 5.78. The van der Waals surface area contributed by atoms with Crippen molar-refractivity contribution in [3.8, 4) is 0 Å². The van der Waals surface area contributed by atoms with Crippen molar-refractivity contribution in [3.63, 3.8) is 0 Å². The van der Waals surface area contributed by atoms with Gasteiger partial charge in [0.05, 0.1) is 12.1 Å². The molecule has 0 bridgehead atoms. The fraction of sp³-hybridized carbons (Fsp3) is 0.500. The molecule has 1 amide bonds. The van der Waals surface area contributed by atoms with E-state index in [1.807, 2.05) is 0 Å². The smallest absolute Gasteiger partial charge is 0.226 e. The lowest BCUT2D eigenvalue weighted by Gasteiger charge is -2.15. The molecule has 0 radical (unpaired) electrons. The van der Waals surface area contributed by atoms with Gasteiger partial charge in [0.1, 0.15) is 11.5 Å². The van der Waals surface area contributed by atoms with E-state index in [-0.39, 0.29) is 18.1 Å². The van der Waals surface area contributed by atoms with E-state index < -0.39 is 0 Å². The van der Waals surface area contributed by atoms with E-state index >= 15 is 0 Å². The van der Waals surface area contributed by atoms with Gasteiger partial charge in [0.15, 0.2) is 0 Å².